The van der Waals surface area contributed by atoms with Gasteiger partial charge in [0.1, 0.15) is 0 Å². The number of hydrogen-bond donors (Lipinski definition) is 2. The van der Waals surface area contributed by atoms with Crippen molar-refractivity contribution < 1.29 is 9.59 Å². The van der Waals surface area contributed by atoms with Crippen molar-refractivity contribution in [2.24, 2.45) is 23.7 Å². The maximum Gasteiger partial charge on any atom is 0.223 e. The summed E-state index contributed by atoms with van der Waals surface area (Å²) in [4.78, 5) is 25.5. The number of rotatable bonds is 8. The average Bonchev–Trinajstić information content (AvgIpc) is 3.86. The van der Waals surface area contributed by atoms with E-state index in [2.05, 4.69) is 59.2 Å². The Morgan fingerprint density at radius 1 is 0.568 bits per heavy atom. The summed E-state index contributed by atoms with van der Waals surface area (Å²) in [5.74, 6) is 3.37. The highest BCUT2D eigenvalue weighted by molar-refractivity contribution is 5.83. The SMILES string of the molecule is O=C(NC1CCC(CC2CCC(NC(=O)[C@@H]3C[C@@H]3c3ccccc3)CC2)CC1)[C@H]1C[C@H]1c1ccccc1. The molecule has 2 aromatic carbocycles. The fraction of sp³-hybridized carbons (Fsp3) is 0.576. The van der Waals surface area contributed by atoms with Gasteiger partial charge in [0.2, 0.25) is 11.8 Å². The van der Waals surface area contributed by atoms with E-state index >= 15 is 0 Å². The third-order valence-corrected chi connectivity index (χ3v) is 9.76. The molecule has 4 atom stereocenters. The van der Waals surface area contributed by atoms with Gasteiger partial charge >= 0.3 is 0 Å². The quantitative estimate of drug-likeness (QED) is 0.447. The molecule has 4 nitrogen and oxygen atoms in total. The second-order valence-electron chi connectivity index (χ2n) is 12.4. The van der Waals surface area contributed by atoms with E-state index in [9.17, 15) is 9.59 Å². The molecule has 0 unspecified atom stereocenters. The van der Waals surface area contributed by atoms with Crippen molar-refractivity contribution in [3.05, 3.63) is 71.8 Å². The van der Waals surface area contributed by atoms with Crippen molar-refractivity contribution >= 4 is 11.8 Å². The maximum atomic E-state index is 12.8. The molecule has 0 heterocycles. The first kappa shape index (κ1) is 24.7. The molecule has 4 heteroatoms. The number of benzene rings is 2. The van der Waals surface area contributed by atoms with Crippen LogP contribution in [0.3, 0.4) is 0 Å². The molecule has 0 radical (unpaired) electrons. The summed E-state index contributed by atoms with van der Waals surface area (Å²) < 4.78 is 0. The largest absolute Gasteiger partial charge is 0.353 e. The summed E-state index contributed by atoms with van der Waals surface area (Å²) in [5.41, 5.74) is 2.62. The second kappa shape index (κ2) is 11.0. The molecule has 0 saturated heterocycles. The van der Waals surface area contributed by atoms with E-state index in [0.717, 1.165) is 50.4 Å². The standard InChI is InChI=1S/C33H42N2O2/c36-32(30-20-28(30)24-7-3-1-4-8-24)34-26-15-11-22(12-16-26)19-23-13-17-27(18-14-23)35-33(37)31-21-29(31)25-9-5-2-6-10-25/h1-10,22-23,26-31H,11-21H2,(H,34,36)(H,35,37)/t22?,23?,26?,27?,28-,29+,30-,31+. The van der Waals surface area contributed by atoms with Crippen molar-refractivity contribution in [1.82, 2.24) is 10.6 Å². The van der Waals surface area contributed by atoms with Gasteiger partial charge in [-0.25, -0.2) is 0 Å². The number of amides is 2. The normalized spacial score (nSPS) is 34.8. The Balaban J connectivity index is 0.862. The van der Waals surface area contributed by atoms with Gasteiger partial charge in [-0.05, 0) is 105 Å². The molecule has 0 spiro atoms. The van der Waals surface area contributed by atoms with Crippen LogP contribution in [-0.2, 0) is 9.59 Å². The van der Waals surface area contributed by atoms with E-state index in [4.69, 9.17) is 0 Å². The van der Waals surface area contributed by atoms with E-state index in [1.165, 1.54) is 43.2 Å². The van der Waals surface area contributed by atoms with E-state index in [0.29, 0.717) is 23.9 Å². The summed E-state index contributed by atoms with van der Waals surface area (Å²) in [5, 5.41) is 6.75. The zero-order valence-corrected chi connectivity index (χ0v) is 22.0. The summed E-state index contributed by atoms with van der Waals surface area (Å²) in [6.07, 6.45) is 12.9. The van der Waals surface area contributed by atoms with Gasteiger partial charge in [0.05, 0.1) is 0 Å². The number of carbonyl (C=O) groups is 2. The van der Waals surface area contributed by atoms with Crippen molar-refractivity contribution in [2.45, 2.75) is 94.5 Å². The molecule has 4 aliphatic carbocycles. The molecular weight excluding hydrogens is 456 g/mol. The van der Waals surface area contributed by atoms with Crippen LogP contribution >= 0.6 is 0 Å². The summed E-state index contributed by atoms with van der Waals surface area (Å²) in [6, 6.07) is 21.7. The number of hydrogen-bond acceptors (Lipinski definition) is 2. The number of nitrogens with one attached hydrogen (secondary N) is 2. The van der Waals surface area contributed by atoms with Gasteiger partial charge in [-0.1, -0.05) is 60.7 Å². The lowest BCUT2D eigenvalue weighted by molar-refractivity contribution is -0.124. The lowest BCUT2D eigenvalue weighted by Gasteiger charge is -2.34. The number of carbonyl (C=O) groups excluding carboxylic acids is 2. The summed E-state index contributed by atoms with van der Waals surface area (Å²) in [6.45, 7) is 0. The molecule has 6 rings (SSSR count). The Morgan fingerprint density at radius 2 is 0.946 bits per heavy atom. The zero-order chi connectivity index (χ0) is 25.2. The Morgan fingerprint density at radius 3 is 1.32 bits per heavy atom. The van der Waals surface area contributed by atoms with Crippen LogP contribution in [0.15, 0.2) is 60.7 Å². The molecule has 0 aromatic heterocycles. The lowest BCUT2D eigenvalue weighted by atomic mass is 9.75. The molecule has 2 aromatic rings. The Bertz CT molecular complexity index is 969. The highest BCUT2D eigenvalue weighted by Gasteiger charge is 2.45. The molecular formula is C33H42N2O2. The topological polar surface area (TPSA) is 58.2 Å². The van der Waals surface area contributed by atoms with Crippen LogP contribution in [0.2, 0.25) is 0 Å². The minimum Gasteiger partial charge on any atom is -0.353 e. The highest BCUT2D eigenvalue weighted by Crippen LogP contribution is 2.48. The minimum atomic E-state index is 0.180. The molecule has 196 valence electrons. The first-order valence-electron chi connectivity index (χ1n) is 14.8. The third kappa shape index (κ3) is 6.10. The second-order valence-corrected chi connectivity index (χ2v) is 12.4. The molecule has 4 aliphatic rings. The Kier molecular flexibility index (Phi) is 7.35. The van der Waals surface area contributed by atoms with Gasteiger partial charge in [0.25, 0.3) is 0 Å². The van der Waals surface area contributed by atoms with Crippen LogP contribution in [-0.4, -0.2) is 23.9 Å². The zero-order valence-electron chi connectivity index (χ0n) is 22.0. The van der Waals surface area contributed by atoms with E-state index in [-0.39, 0.29) is 23.7 Å². The molecule has 2 amide bonds. The van der Waals surface area contributed by atoms with Gasteiger partial charge in [-0.3, -0.25) is 9.59 Å². The van der Waals surface area contributed by atoms with Crippen LogP contribution in [0, 0.1) is 23.7 Å². The molecule has 4 fully saturated rings. The van der Waals surface area contributed by atoms with Gasteiger partial charge < -0.3 is 10.6 Å². The predicted octanol–water partition coefficient (Wildman–Crippen LogP) is 6.33. The van der Waals surface area contributed by atoms with E-state index in [1.54, 1.807) is 0 Å². The van der Waals surface area contributed by atoms with Crippen molar-refractivity contribution in [3.63, 3.8) is 0 Å². The highest BCUT2D eigenvalue weighted by atomic mass is 16.2. The van der Waals surface area contributed by atoms with Crippen LogP contribution in [0.25, 0.3) is 0 Å². The Labute approximate surface area is 222 Å². The van der Waals surface area contributed by atoms with Gasteiger partial charge in [0.15, 0.2) is 0 Å². The first-order valence-corrected chi connectivity index (χ1v) is 14.8. The van der Waals surface area contributed by atoms with Crippen LogP contribution < -0.4 is 10.6 Å². The molecule has 2 N–H and O–H groups in total. The smallest absolute Gasteiger partial charge is 0.223 e. The van der Waals surface area contributed by atoms with Crippen LogP contribution in [0.5, 0.6) is 0 Å². The average molecular weight is 499 g/mol. The first-order chi connectivity index (χ1) is 18.1. The van der Waals surface area contributed by atoms with Crippen molar-refractivity contribution in [2.75, 3.05) is 0 Å². The van der Waals surface area contributed by atoms with Gasteiger partial charge in [-0.2, -0.15) is 0 Å². The van der Waals surface area contributed by atoms with Gasteiger partial charge in [-0.15, -0.1) is 0 Å². The van der Waals surface area contributed by atoms with E-state index < -0.39 is 0 Å². The maximum absolute atomic E-state index is 12.8. The molecule has 0 bridgehead atoms. The lowest BCUT2D eigenvalue weighted by Crippen LogP contribution is -2.40. The Hall–Kier alpha value is -2.62. The van der Waals surface area contributed by atoms with Crippen LogP contribution in [0.4, 0.5) is 0 Å². The summed E-state index contributed by atoms with van der Waals surface area (Å²) in [7, 11) is 0. The summed E-state index contributed by atoms with van der Waals surface area (Å²) >= 11 is 0. The van der Waals surface area contributed by atoms with Crippen molar-refractivity contribution in [3.8, 4) is 0 Å². The molecule has 4 saturated carbocycles. The van der Waals surface area contributed by atoms with E-state index in [1.807, 2.05) is 12.1 Å². The fourth-order valence-electron chi connectivity index (χ4n) is 7.28. The third-order valence-electron chi connectivity index (χ3n) is 9.76. The predicted molar refractivity (Wildman–Crippen MR) is 147 cm³/mol. The molecule has 37 heavy (non-hydrogen) atoms. The van der Waals surface area contributed by atoms with Crippen molar-refractivity contribution in [1.29, 1.82) is 0 Å². The minimum absolute atomic E-state index is 0.180. The molecule has 0 aliphatic heterocycles. The fourth-order valence-corrected chi connectivity index (χ4v) is 7.28. The van der Waals surface area contributed by atoms with Gasteiger partial charge in [0, 0.05) is 23.9 Å². The van der Waals surface area contributed by atoms with Crippen LogP contribution in [0.1, 0.15) is 93.6 Å². The monoisotopic (exact) mass is 498 g/mol.